The maximum absolute atomic E-state index is 6.63. The van der Waals surface area contributed by atoms with Gasteiger partial charge in [0.25, 0.3) is 0 Å². The van der Waals surface area contributed by atoms with Gasteiger partial charge < -0.3 is 28.4 Å². The molecule has 7 heteroatoms. The third kappa shape index (κ3) is 6.64. The first kappa shape index (κ1) is 28.7. The molecule has 0 N–H and O–H groups in total. The molecule has 2 heterocycles. The Labute approximate surface area is 246 Å². The molecule has 0 aliphatic carbocycles. The second kappa shape index (κ2) is 13.7. The van der Waals surface area contributed by atoms with Gasteiger partial charge in [-0.3, -0.25) is 4.74 Å². The molecule has 6 atom stereocenters. The Morgan fingerprint density at radius 3 is 1.64 bits per heavy atom. The maximum atomic E-state index is 6.63. The van der Waals surface area contributed by atoms with E-state index in [0.29, 0.717) is 19.8 Å². The van der Waals surface area contributed by atoms with Crippen LogP contribution in [0.25, 0.3) is 0 Å². The van der Waals surface area contributed by atoms with Crippen molar-refractivity contribution < 1.29 is 33.2 Å². The van der Waals surface area contributed by atoms with Crippen molar-refractivity contribution in [2.24, 2.45) is 0 Å². The van der Waals surface area contributed by atoms with Crippen molar-refractivity contribution in [3.63, 3.8) is 0 Å². The normalized spacial score (nSPS) is 27.0. The van der Waals surface area contributed by atoms with Gasteiger partial charge in [0.15, 0.2) is 6.29 Å². The molecule has 2 fully saturated rings. The fourth-order valence-corrected chi connectivity index (χ4v) is 5.38. The van der Waals surface area contributed by atoms with Gasteiger partial charge in [0.2, 0.25) is 0 Å². The fraction of sp³-hybridized carbons (Fsp3) is 0.314. The summed E-state index contributed by atoms with van der Waals surface area (Å²) < 4.78 is 44.8. The predicted molar refractivity (Wildman–Crippen MR) is 156 cm³/mol. The predicted octanol–water partition coefficient (Wildman–Crippen LogP) is 5.97. The average Bonchev–Trinajstić information content (AvgIpc) is 3.44. The van der Waals surface area contributed by atoms with Crippen LogP contribution in [0, 0.1) is 0 Å². The van der Waals surface area contributed by atoms with Gasteiger partial charge in [-0.25, -0.2) is 0 Å². The molecule has 7 nitrogen and oxygen atoms in total. The summed E-state index contributed by atoms with van der Waals surface area (Å²) in [7, 11) is 1.56. The van der Waals surface area contributed by atoms with Crippen molar-refractivity contribution in [1.82, 2.24) is 0 Å². The largest absolute Gasteiger partial charge is 0.374 e. The van der Waals surface area contributed by atoms with Crippen molar-refractivity contribution in [3.8, 4) is 0 Å². The number of hydrogen-bond acceptors (Lipinski definition) is 7. The molecule has 6 rings (SSSR count). The lowest BCUT2D eigenvalue weighted by Gasteiger charge is -2.42. The van der Waals surface area contributed by atoms with Crippen LogP contribution in [0.2, 0.25) is 0 Å². The minimum atomic E-state index is -1.45. The van der Waals surface area contributed by atoms with E-state index in [-0.39, 0.29) is 6.61 Å². The van der Waals surface area contributed by atoms with Crippen LogP contribution in [0.1, 0.15) is 22.3 Å². The molecule has 4 aromatic rings. The zero-order chi connectivity index (χ0) is 28.6. The standard InChI is InChI=1S/C35H36O7/c1-36-35(29-20-12-5-13-21-29)41-33-32(39-24-28-18-10-4-11-19-28)31(38-23-27-16-8-3-9-17-27)30(40-34(33)42-35)25-37-22-26-14-6-2-7-15-26/h2-21,30-34H,22-25H2,1H3/t30-,31-,32+,33+,34+,35-/m1/s1. The van der Waals surface area contributed by atoms with Gasteiger partial charge in [-0.2, -0.15) is 0 Å². The summed E-state index contributed by atoms with van der Waals surface area (Å²) >= 11 is 0. The molecule has 0 saturated carbocycles. The highest BCUT2D eigenvalue weighted by Gasteiger charge is 2.59. The minimum Gasteiger partial charge on any atom is -0.374 e. The van der Waals surface area contributed by atoms with Crippen molar-refractivity contribution in [1.29, 1.82) is 0 Å². The Morgan fingerprint density at radius 1 is 0.595 bits per heavy atom. The lowest BCUT2D eigenvalue weighted by Crippen LogP contribution is -2.59. The van der Waals surface area contributed by atoms with Crippen LogP contribution in [0.4, 0.5) is 0 Å². The molecule has 42 heavy (non-hydrogen) atoms. The Morgan fingerprint density at radius 2 is 1.10 bits per heavy atom. The Balaban J connectivity index is 1.29. The summed E-state index contributed by atoms with van der Waals surface area (Å²) in [6.07, 6.45) is -2.95. The summed E-state index contributed by atoms with van der Waals surface area (Å²) in [6.45, 7) is 1.46. The zero-order valence-corrected chi connectivity index (χ0v) is 23.6. The highest BCUT2D eigenvalue weighted by atomic mass is 16.9. The van der Waals surface area contributed by atoms with E-state index in [1.807, 2.05) is 121 Å². The third-order valence-electron chi connectivity index (χ3n) is 7.51. The lowest BCUT2D eigenvalue weighted by molar-refractivity contribution is -0.357. The number of methoxy groups -OCH3 is 1. The van der Waals surface area contributed by atoms with Crippen LogP contribution in [0.5, 0.6) is 0 Å². The topological polar surface area (TPSA) is 64.6 Å². The second-order valence-electron chi connectivity index (χ2n) is 10.4. The first-order valence-electron chi connectivity index (χ1n) is 14.3. The van der Waals surface area contributed by atoms with E-state index in [0.717, 1.165) is 22.3 Å². The van der Waals surface area contributed by atoms with Crippen LogP contribution in [-0.2, 0) is 59.0 Å². The fourth-order valence-electron chi connectivity index (χ4n) is 5.38. The Hall–Kier alpha value is -3.40. The van der Waals surface area contributed by atoms with Crippen LogP contribution in [0.15, 0.2) is 121 Å². The van der Waals surface area contributed by atoms with E-state index >= 15 is 0 Å². The van der Waals surface area contributed by atoms with Crippen LogP contribution in [-0.4, -0.2) is 44.4 Å². The molecule has 0 aromatic heterocycles. The number of hydrogen-bond donors (Lipinski definition) is 0. The number of benzene rings is 4. The van der Waals surface area contributed by atoms with Crippen molar-refractivity contribution in [2.45, 2.75) is 56.5 Å². The van der Waals surface area contributed by atoms with Gasteiger partial charge in [-0.1, -0.05) is 121 Å². The van der Waals surface area contributed by atoms with Gasteiger partial charge >= 0.3 is 5.97 Å². The first-order valence-corrected chi connectivity index (χ1v) is 14.3. The lowest BCUT2D eigenvalue weighted by atomic mass is 9.98. The molecule has 0 spiro atoms. The van der Waals surface area contributed by atoms with Crippen molar-refractivity contribution in [3.05, 3.63) is 144 Å². The molecule has 0 radical (unpaired) electrons. The summed E-state index contributed by atoms with van der Waals surface area (Å²) in [5, 5.41) is 0. The monoisotopic (exact) mass is 568 g/mol. The molecule has 2 aliphatic heterocycles. The van der Waals surface area contributed by atoms with Crippen molar-refractivity contribution in [2.75, 3.05) is 13.7 Å². The Kier molecular flexibility index (Phi) is 9.37. The molecule has 2 aliphatic rings. The van der Waals surface area contributed by atoms with E-state index in [4.69, 9.17) is 33.2 Å². The molecule has 0 unspecified atom stereocenters. The van der Waals surface area contributed by atoms with E-state index < -0.39 is 36.7 Å². The number of rotatable bonds is 12. The molecule has 2 saturated heterocycles. The summed E-state index contributed by atoms with van der Waals surface area (Å²) in [6, 6.07) is 39.7. The maximum Gasteiger partial charge on any atom is 0.314 e. The van der Waals surface area contributed by atoms with Crippen LogP contribution < -0.4 is 0 Å². The van der Waals surface area contributed by atoms with Crippen LogP contribution in [0.3, 0.4) is 0 Å². The minimum absolute atomic E-state index is 0.275. The van der Waals surface area contributed by atoms with E-state index in [9.17, 15) is 0 Å². The molecule has 218 valence electrons. The number of fused-ring (bicyclic) bond motifs is 1. The highest BCUT2D eigenvalue weighted by molar-refractivity contribution is 5.20. The van der Waals surface area contributed by atoms with Gasteiger partial charge in [0, 0.05) is 12.7 Å². The summed E-state index contributed by atoms with van der Waals surface area (Å²) in [4.78, 5) is 0. The molecular formula is C35H36O7. The smallest absolute Gasteiger partial charge is 0.314 e. The number of ether oxygens (including phenoxy) is 7. The van der Waals surface area contributed by atoms with E-state index in [2.05, 4.69) is 0 Å². The average molecular weight is 569 g/mol. The second-order valence-corrected chi connectivity index (χ2v) is 10.4. The Bertz CT molecular complexity index is 1360. The molecular weight excluding hydrogens is 532 g/mol. The van der Waals surface area contributed by atoms with Gasteiger partial charge in [0.05, 0.1) is 26.4 Å². The van der Waals surface area contributed by atoms with Crippen LogP contribution >= 0.6 is 0 Å². The van der Waals surface area contributed by atoms with Crippen molar-refractivity contribution >= 4 is 0 Å². The third-order valence-corrected chi connectivity index (χ3v) is 7.51. The summed E-state index contributed by atoms with van der Waals surface area (Å²) in [5.74, 6) is -1.45. The quantitative estimate of drug-likeness (QED) is 0.209. The van der Waals surface area contributed by atoms with Gasteiger partial charge in [0.1, 0.15) is 24.4 Å². The van der Waals surface area contributed by atoms with Gasteiger partial charge in [-0.15, -0.1) is 0 Å². The van der Waals surface area contributed by atoms with Gasteiger partial charge in [-0.05, 0) is 16.7 Å². The molecule has 0 bridgehead atoms. The zero-order valence-electron chi connectivity index (χ0n) is 23.6. The van der Waals surface area contributed by atoms with E-state index in [1.54, 1.807) is 7.11 Å². The molecule has 0 amide bonds. The highest BCUT2D eigenvalue weighted by Crippen LogP contribution is 2.44. The summed E-state index contributed by atoms with van der Waals surface area (Å²) in [5.41, 5.74) is 3.89. The first-order chi connectivity index (χ1) is 20.7. The SMILES string of the molecule is CO[C@@]1(c2ccccc2)O[C@@H]2O[C@H](COCc3ccccc3)[C@@H](OCc3ccccc3)[C@H](OCc3ccccc3)[C@@H]2O1. The molecule has 4 aromatic carbocycles. The van der Waals surface area contributed by atoms with E-state index in [1.165, 1.54) is 0 Å².